The summed E-state index contributed by atoms with van der Waals surface area (Å²) in [6.45, 7) is 6.29. The smallest absolute Gasteiger partial charge is 0.297 e. The molecule has 1 heterocycles. The quantitative estimate of drug-likeness (QED) is 0.692. The molecule has 2 aromatic rings. The number of hydrogen-bond donors (Lipinski definition) is 1. The van der Waals surface area contributed by atoms with E-state index in [0.29, 0.717) is 11.4 Å². The monoisotopic (exact) mass is 325 g/mol. The molecular formula is C19H23N3O2. The molecule has 0 unspecified atom stereocenters. The van der Waals surface area contributed by atoms with E-state index in [1.165, 1.54) is 0 Å². The second kappa shape index (κ2) is 6.83. The number of pyridine rings is 1. The van der Waals surface area contributed by atoms with Crippen LogP contribution in [0.25, 0.3) is 0 Å². The molecule has 0 fully saturated rings. The second-order valence-corrected chi connectivity index (χ2v) is 6.91. The van der Waals surface area contributed by atoms with E-state index in [1.54, 1.807) is 24.4 Å². The van der Waals surface area contributed by atoms with Crippen molar-refractivity contribution in [2.24, 2.45) is 0 Å². The fraction of sp³-hybridized carbons (Fsp3) is 0.316. The van der Waals surface area contributed by atoms with E-state index in [0.717, 1.165) is 11.3 Å². The van der Waals surface area contributed by atoms with Crippen molar-refractivity contribution in [1.82, 2.24) is 4.98 Å². The Kier molecular flexibility index (Phi) is 5.02. The number of amides is 1. The third kappa shape index (κ3) is 4.19. The summed E-state index contributed by atoms with van der Waals surface area (Å²) < 4.78 is 0. The van der Waals surface area contributed by atoms with Crippen molar-refractivity contribution in [1.29, 1.82) is 0 Å². The number of nitrogens with zero attached hydrogens (tertiary/aromatic N) is 2. The zero-order chi connectivity index (χ0) is 17.9. The van der Waals surface area contributed by atoms with Crippen molar-refractivity contribution < 1.29 is 9.59 Å². The van der Waals surface area contributed by atoms with Crippen LogP contribution in [-0.4, -0.2) is 30.8 Å². The molecule has 0 aliphatic heterocycles. The van der Waals surface area contributed by atoms with Crippen molar-refractivity contribution in [3.05, 3.63) is 53.7 Å². The van der Waals surface area contributed by atoms with Crippen LogP contribution in [0.4, 0.5) is 11.5 Å². The number of ketones is 1. The number of benzene rings is 1. The number of carbonyl (C=O) groups excluding carboxylic acids is 2. The Bertz CT molecular complexity index is 727. The molecule has 2 rings (SSSR count). The minimum absolute atomic E-state index is 0.00193. The molecule has 24 heavy (non-hydrogen) atoms. The van der Waals surface area contributed by atoms with Crippen LogP contribution < -0.4 is 10.2 Å². The molecule has 0 bridgehead atoms. The van der Waals surface area contributed by atoms with Gasteiger partial charge in [0.1, 0.15) is 5.82 Å². The van der Waals surface area contributed by atoms with Gasteiger partial charge in [0, 0.05) is 19.7 Å². The number of anilines is 2. The van der Waals surface area contributed by atoms with Gasteiger partial charge in [-0.05, 0) is 23.1 Å². The molecule has 0 spiro atoms. The fourth-order valence-electron chi connectivity index (χ4n) is 2.15. The van der Waals surface area contributed by atoms with Crippen LogP contribution in [-0.2, 0) is 10.2 Å². The third-order valence-electron chi connectivity index (χ3n) is 3.73. The molecule has 1 aromatic heterocycles. The average Bonchev–Trinajstić information content (AvgIpc) is 2.54. The van der Waals surface area contributed by atoms with E-state index in [1.807, 2.05) is 37.2 Å². The van der Waals surface area contributed by atoms with Gasteiger partial charge in [0.15, 0.2) is 0 Å². The normalized spacial score (nSPS) is 11.0. The summed E-state index contributed by atoms with van der Waals surface area (Å²) in [5.74, 6) is -0.914. The molecule has 0 radical (unpaired) electrons. The summed E-state index contributed by atoms with van der Waals surface area (Å²) in [6, 6.07) is 10.6. The molecule has 5 heteroatoms. The first-order chi connectivity index (χ1) is 11.2. The van der Waals surface area contributed by atoms with Crippen molar-refractivity contribution in [2.75, 3.05) is 24.3 Å². The lowest BCUT2D eigenvalue weighted by Crippen LogP contribution is -2.23. The highest BCUT2D eigenvalue weighted by Gasteiger charge is 2.19. The predicted octanol–water partition coefficient (Wildman–Crippen LogP) is 3.27. The zero-order valence-electron chi connectivity index (χ0n) is 14.8. The molecule has 126 valence electrons. The average molecular weight is 325 g/mol. The highest BCUT2D eigenvalue weighted by molar-refractivity contribution is 6.46. The molecule has 1 amide bonds. The van der Waals surface area contributed by atoms with Crippen LogP contribution >= 0.6 is 0 Å². The first-order valence-electron chi connectivity index (χ1n) is 7.78. The highest BCUT2D eigenvalue weighted by atomic mass is 16.2. The molecule has 0 atom stereocenters. The number of aromatic nitrogens is 1. The Balaban J connectivity index is 2.08. The van der Waals surface area contributed by atoms with Gasteiger partial charge in [0.05, 0.1) is 11.9 Å². The standard InChI is InChI=1S/C19H23N3O2/c1-19(2,3)14-8-6-13(7-9-14)17(23)18(24)21-16-11-10-15(12-20-16)22(4)5/h6-12H,1-5H3,(H,20,21,24). The molecular weight excluding hydrogens is 302 g/mol. The number of nitrogens with one attached hydrogen (secondary N) is 1. The van der Waals surface area contributed by atoms with Crippen LogP contribution in [0, 0.1) is 0 Å². The number of carbonyl (C=O) groups is 2. The molecule has 1 N–H and O–H groups in total. The zero-order valence-corrected chi connectivity index (χ0v) is 14.8. The molecule has 1 aromatic carbocycles. The van der Waals surface area contributed by atoms with Crippen LogP contribution in [0.5, 0.6) is 0 Å². The largest absolute Gasteiger partial charge is 0.376 e. The SMILES string of the molecule is CN(C)c1ccc(NC(=O)C(=O)c2ccc(C(C)(C)C)cc2)nc1. The number of hydrogen-bond acceptors (Lipinski definition) is 4. The fourth-order valence-corrected chi connectivity index (χ4v) is 2.15. The summed E-state index contributed by atoms with van der Waals surface area (Å²) in [5, 5.41) is 2.53. The van der Waals surface area contributed by atoms with Gasteiger partial charge in [0.2, 0.25) is 0 Å². The van der Waals surface area contributed by atoms with Gasteiger partial charge in [-0.1, -0.05) is 45.0 Å². The Morgan fingerprint density at radius 3 is 2.08 bits per heavy atom. The molecule has 0 saturated heterocycles. The maximum Gasteiger partial charge on any atom is 0.297 e. The molecule has 0 saturated carbocycles. The minimum atomic E-state index is -0.691. The maximum absolute atomic E-state index is 12.2. The van der Waals surface area contributed by atoms with Gasteiger partial charge in [-0.15, -0.1) is 0 Å². The lowest BCUT2D eigenvalue weighted by molar-refractivity contribution is -0.112. The summed E-state index contributed by atoms with van der Waals surface area (Å²) in [5.41, 5.74) is 2.39. The van der Waals surface area contributed by atoms with Crippen molar-refractivity contribution in [2.45, 2.75) is 26.2 Å². The van der Waals surface area contributed by atoms with Crippen molar-refractivity contribution >= 4 is 23.2 Å². The summed E-state index contributed by atoms with van der Waals surface area (Å²) in [6.07, 6.45) is 1.64. The summed E-state index contributed by atoms with van der Waals surface area (Å²) >= 11 is 0. The van der Waals surface area contributed by atoms with Gasteiger partial charge in [-0.3, -0.25) is 9.59 Å². The highest BCUT2D eigenvalue weighted by Crippen LogP contribution is 2.22. The van der Waals surface area contributed by atoms with Crippen molar-refractivity contribution in [3.8, 4) is 0 Å². The topological polar surface area (TPSA) is 62.3 Å². The van der Waals surface area contributed by atoms with E-state index in [9.17, 15) is 9.59 Å². The summed E-state index contributed by atoms with van der Waals surface area (Å²) in [4.78, 5) is 30.4. The van der Waals surface area contributed by atoms with E-state index in [-0.39, 0.29) is 5.41 Å². The van der Waals surface area contributed by atoms with Gasteiger partial charge in [-0.2, -0.15) is 0 Å². The van der Waals surface area contributed by atoms with Gasteiger partial charge in [-0.25, -0.2) is 4.98 Å². The molecule has 0 aliphatic carbocycles. The van der Waals surface area contributed by atoms with Crippen LogP contribution in [0.1, 0.15) is 36.7 Å². The first-order valence-corrected chi connectivity index (χ1v) is 7.78. The number of Topliss-reactive ketones (excluding diaryl/α,β-unsaturated/α-hetero) is 1. The van der Waals surface area contributed by atoms with Crippen LogP contribution in [0.2, 0.25) is 0 Å². The third-order valence-corrected chi connectivity index (χ3v) is 3.73. The Labute approximate surface area is 142 Å². The predicted molar refractivity (Wildman–Crippen MR) is 96.7 cm³/mol. The maximum atomic E-state index is 12.2. The summed E-state index contributed by atoms with van der Waals surface area (Å²) in [7, 11) is 3.81. The van der Waals surface area contributed by atoms with Crippen LogP contribution in [0.3, 0.4) is 0 Å². The van der Waals surface area contributed by atoms with Gasteiger partial charge >= 0.3 is 0 Å². The first kappa shape index (κ1) is 17.7. The van der Waals surface area contributed by atoms with Gasteiger partial charge in [0.25, 0.3) is 11.7 Å². The van der Waals surface area contributed by atoms with Crippen molar-refractivity contribution in [3.63, 3.8) is 0 Å². The Morgan fingerprint density at radius 2 is 1.62 bits per heavy atom. The number of rotatable bonds is 4. The molecule has 0 aliphatic rings. The van der Waals surface area contributed by atoms with Crippen LogP contribution in [0.15, 0.2) is 42.6 Å². The second-order valence-electron chi connectivity index (χ2n) is 6.91. The van der Waals surface area contributed by atoms with E-state index in [4.69, 9.17) is 0 Å². The lowest BCUT2D eigenvalue weighted by atomic mass is 9.86. The van der Waals surface area contributed by atoms with E-state index >= 15 is 0 Å². The Morgan fingerprint density at radius 1 is 1.00 bits per heavy atom. The van der Waals surface area contributed by atoms with E-state index in [2.05, 4.69) is 31.1 Å². The van der Waals surface area contributed by atoms with Gasteiger partial charge < -0.3 is 10.2 Å². The minimum Gasteiger partial charge on any atom is -0.376 e. The van der Waals surface area contributed by atoms with E-state index < -0.39 is 11.7 Å². The lowest BCUT2D eigenvalue weighted by Gasteiger charge is -2.18. The molecule has 5 nitrogen and oxygen atoms in total. The Hall–Kier alpha value is -2.69.